The fourth-order valence-electron chi connectivity index (χ4n) is 2.69. The molecule has 1 rings (SSSR count). The van der Waals surface area contributed by atoms with Gasteiger partial charge >= 0.3 is 0 Å². The molecule has 0 aromatic heterocycles. The first-order chi connectivity index (χ1) is 10.5. The second kappa shape index (κ2) is 7.35. The number of allylic oxidation sites excluding steroid dienone is 4. The Labute approximate surface area is 143 Å². The Morgan fingerprint density at radius 3 is 2.48 bits per heavy atom. The van der Waals surface area contributed by atoms with E-state index in [1.165, 1.54) is 0 Å². The summed E-state index contributed by atoms with van der Waals surface area (Å²) in [5.74, 6) is 0.892. The molecule has 0 amide bonds. The molecule has 0 aromatic rings. The van der Waals surface area contributed by atoms with Gasteiger partial charge in [-0.1, -0.05) is 39.8 Å². The van der Waals surface area contributed by atoms with Gasteiger partial charge in [0.05, 0.1) is 12.9 Å². The van der Waals surface area contributed by atoms with Crippen LogP contribution in [0.3, 0.4) is 0 Å². The molecule has 1 aliphatic rings. The average molecular weight is 339 g/mol. The Balaban J connectivity index is 3.01. The van der Waals surface area contributed by atoms with Crippen LogP contribution in [0.1, 0.15) is 47.5 Å². The van der Waals surface area contributed by atoms with Crippen molar-refractivity contribution in [3.8, 4) is 0 Å². The molecule has 132 valence electrons. The molecule has 23 heavy (non-hydrogen) atoms. The zero-order chi connectivity index (χ0) is 17.9. The largest absolute Gasteiger partial charge is 0.501 e. The van der Waals surface area contributed by atoms with Crippen LogP contribution in [-0.2, 0) is 14.0 Å². The van der Waals surface area contributed by atoms with Gasteiger partial charge in [0, 0.05) is 30.4 Å². The minimum absolute atomic E-state index is 0.0395. The predicted molar refractivity (Wildman–Crippen MR) is 98.9 cm³/mol. The van der Waals surface area contributed by atoms with Crippen LogP contribution in [0.15, 0.2) is 24.0 Å². The first-order valence-corrected chi connectivity index (χ1v) is 11.4. The number of carbonyl (C=O) groups excluding carboxylic acids is 1. The number of ketones is 1. The minimum atomic E-state index is -1.84. The number of rotatable bonds is 6. The number of ether oxygens (including phenoxy) is 1. The minimum Gasteiger partial charge on any atom is -0.501 e. The molecule has 0 heterocycles. The lowest BCUT2D eigenvalue weighted by Crippen LogP contribution is -2.47. The second-order valence-electron chi connectivity index (χ2n) is 8.45. The summed E-state index contributed by atoms with van der Waals surface area (Å²) in [7, 11) is -0.201. The third kappa shape index (κ3) is 4.80. The molecule has 0 unspecified atom stereocenters. The van der Waals surface area contributed by atoms with E-state index < -0.39 is 8.32 Å². The van der Waals surface area contributed by atoms with E-state index in [1.807, 2.05) is 13.0 Å². The molecule has 0 fully saturated rings. The van der Waals surface area contributed by atoms with Crippen LogP contribution in [0.4, 0.5) is 0 Å². The molecule has 0 spiro atoms. The molecule has 1 aliphatic carbocycles. The van der Waals surface area contributed by atoms with Gasteiger partial charge in [-0.15, -0.1) is 0 Å². The Morgan fingerprint density at radius 2 is 2.00 bits per heavy atom. The molecule has 0 bridgehead atoms. The number of hydrogen-bond acceptors (Lipinski definition) is 3. The van der Waals surface area contributed by atoms with E-state index in [4.69, 9.17) is 9.16 Å². The van der Waals surface area contributed by atoms with Crippen molar-refractivity contribution < 1.29 is 14.0 Å². The highest BCUT2D eigenvalue weighted by molar-refractivity contribution is 6.74. The Bertz CT molecular complexity index is 485. The van der Waals surface area contributed by atoms with E-state index >= 15 is 0 Å². The van der Waals surface area contributed by atoms with Crippen LogP contribution < -0.4 is 0 Å². The molecular formula is C19H34O3Si. The van der Waals surface area contributed by atoms with Crippen molar-refractivity contribution in [2.75, 3.05) is 13.7 Å². The highest BCUT2D eigenvalue weighted by Gasteiger charge is 2.45. The molecule has 4 heteroatoms. The van der Waals surface area contributed by atoms with Gasteiger partial charge in [-0.25, -0.2) is 0 Å². The van der Waals surface area contributed by atoms with E-state index in [1.54, 1.807) is 13.2 Å². The van der Waals surface area contributed by atoms with Crippen molar-refractivity contribution in [3.63, 3.8) is 0 Å². The van der Waals surface area contributed by atoms with Crippen LogP contribution in [0.2, 0.25) is 18.1 Å². The lowest BCUT2D eigenvalue weighted by Gasteiger charge is -2.44. The highest BCUT2D eigenvalue weighted by Crippen LogP contribution is 2.44. The summed E-state index contributed by atoms with van der Waals surface area (Å²) in [4.78, 5) is 12.6. The maximum Gasteiger partial charge on any atom is 0.192 e. The van der Waals surface area contributed by atoms with Gasteiger partial charge in [-0.05, 0) is 31.5 Å². The van der Waals surface area contributed by atoms with Gasteiger partial charge < -0.3 is 9.16 Å². The summed E-state index contributed by atoms with van der Waals surface area (Å²) in [5.41, 5.74) is -0.216. The van der Waals surface area contributed by atoms with Crippen LogP contribution in [-0.4, -0.2) is 27.8 Å². The van der Waals surface area contributed by atoms with E-state index in [0.29, 0.717) is 6.61 Å². The standard InChI is InChI=1S/C19H34O3Si/c1-9-10-11-16-17(20)12-15(21-6)13-19(16,5)14-22-23(7,8)18(2,3)4/h9-10,12,16H,11,13-14H2,1-8H3/b10-9+/t16-,19-/m1/s1. The SMILES string of the molecule is C/C=C/C[C@@H]1C(=O)C=C(OC)C[C@]1(C)CO[Si](C)(C)C(C)(C)C. The third-order valence-electron chi connectivity index (χ3n) is 5.50. The molecule has 0 aromatic carbocycles. The third-order valence-corrected chi connectivity index (χ3v) is 9.98. The van der Waals surface area contributed by atoms with Crippen molar-refractivity contribution >= 4 is 14.1 Å². The number of carbonyl (C=O) groups is 1. The monoisotopic (exact) mass is 338 g/mol. The van der Waals surface area contributed by atoms with Crippen molar-refractivity contribution in [2.45, 2.75) is 65.6 Å². The summed E-state index contributed by atoms with van der Waals surface area (Å²) in [6.45, 7) is 16.0. The molecular weight excluding hydrogens is 304 g/mol. The van der Waals surface area contributed by atoms with Crippen molar-refractivity contribution in [1.29, 1.82) is 0 Å². The van der Waals surface area contributed by atoms with Gasteiger partial charge in [0.2, 0.25) is 0 Å². The van der Waals surface area contributed by atoms with Crippen molar-refractivity contribution in [2.24, 2.45) is 11.3 Å². The first-order valence-electron chi connectivity index (χ1n) is 8.50. The van der Waals surface area contributed by atoms with Gasteiger partial charge in [0.25, 0.3) is 0 Å². The quantitative estimate of drug-likeness (QED) is 0.499. The summed E-state index contributed by atoms with van der Waals surface area (Å²) in [6, 6.07) is 0. The fourth-order valence-corrected chi connectivity index (χ4v) is 3.82. The maximum absolute atomic E-state index is 12.6. The molecule has 3 nitrogen and oxygen atoms in total. The van der Waals surface area contributed by atoms with Gasteiger partial charge in [-0.3, -0.25) is 4.79 Å². The van der Waals surface area contributed by atoms with E-state index in [0.717, 1.165) is 18.6 Å². The normalized spacial score (nSPS) is 26.5. The van der Waals surface area contributed by atoms with Crippen molar-refractivity contribution in [3.05, 3.63) is 24.0 Å². The number of hydrogen-bond donors (Lipinski definition) is 0. The van der Waals surface area contributed by atoms with Crippen LogP contribution >= 0.6 is 0 Å². The molecule has 0 N–H and O–H groups in total. The second-order valence-corrected chi connectivity index (χ2v) is 13.3. The molecule has 0 saturated carbocycles. The van der Waals surface area contributed by atoms with Crippen LogP contribution in [0.25, 0.3) is 0 Å². The summed E-state index contributed by atoms with van der Waals surface area (Å²) >= 11 is 0. The van der Waals surface area contributed by atoms with E-state index in [2.05, 4.69) is 46.9 Å². The molecule has 0 radical (unpaired) electrons. The lowest BCUT2D eigenvalue weighted by molar-refractivity contribution is -0.124. The fraction of sp³-hybridized carbons (Fsp3) is 0.737. The van der Waals surface area contributed by atoms with Gasteiger partial charge in [-0.2, -0.15) is 0 Å². The Kier molecular flexibility index (Phi) is 6.44. The zero-order valence-electron chi connectivity index (χ0n) is 16.2. The smallest absolute Gasteiger partial charge is 0.192 e. The van der Waals surface area contributed by atoms with Gasteiger partial charge in [0.15, 0.2) is 14.1 Å². The topological polar surface area (TPSA) is 35.5 Å². The van der Waals surface area contributed by atoms with Crippen LogP contribution in [0.5, 0.6) is 0 Å². The summed E-state index contributed by atoms with van der Waals surface area (Å²) in [5, 5.41) is 0.167. The predicted octanol–water partition coefficient (Wildman–Crippen LogP) is 5.10. The van der Waals surface area contributed by atoms with Gasteiger partial charge in [0.1, 0.15) is 0 Å². The molecule has 2 atom stereocenters. The highest BCUT2D eigenvalue weighted by atomic mass is 28.4. The Morgan fingerprint density at radius 1 is 1.39 bits per heavy atom. The number of methoxy groups -OCH3 is 1. The maximum atomic E-state index is 12.6. The molecule has 0 saturated heterocycles. The van der Waals surface area contributed by atoms with Crippen molar-refractivity contribution in [1.82, 2.24) is 0 Å². The zero-order valence-corrected chi connectivity index (χ0v) is 17.2. The van der Waals surface area contributed by atoms with Crippen LogP contribution in [0, 0.1) is 11.3 Å². The van der Waals surface area contributed by atoms with E-state index in [9.17, 15) is 4.79 Å². The summed E-state index contributed by atoms with van der Waals surface area (Å²) in [6.07, 6.45) is 7.28. The van der Waals surface area contributed by atoms with E-state index in [-0.39, 0.29) is 22.2 Å². The summed E-state index contributed by atoms with van der Waals surface area (Å²) < 4.78 is 11.9. The Hall–Kier alpha value is -0.873. The lowest BCUT2D eigenvalue weighted by atomic mass is 9.68. The average Bonchev–Trinajstić information content (AvgIpc) is 2.43. The molecule has 0 aliphatic heterocycles. The first kappa shape index (κ1) is 20.2.